The van der Waals surface area contributed by atoms with Crippen LogP contribution in [0, 0.1) is 0 Å². The molecule has 0 aliphatic heterocycles. The zero-order valence-electron chi connectivity index (χ0n) is 36.5. The van der Waals surface area contributed by atoms with Crippen LogP contribution in [0.1, 0.15) is 258 Å². The molecule has 0 aliphatic carbocycles. The number of aliphatic hydroxyl groups excluding tert-OH is 2. The van der Waals surface area contributed by atoms with Gasteiger partial charge in [0.1, 0.15) is 0 Å². The van der Waals surface area contributed by atoms with Crippen LogP contribution in [-0.2, 0) is 4.79 Å². The number of nitrogens with one attached hydrogen (secondary N) is 1. The second-order valence-corrected chi connectivity index (χ2v) is 16.5. The maximum absolute atomic E-state index is 12.3. The van der Waals surface area contributed by atoms with E-state index in [1.165, 1.54) is 205 Å². The van der Waals surface area contributed by atoms with E-state index in [9.17, 15) is 15.0 Å². The number of carbonyl (C=O) groups is 1. The van der Waals surface area contributed by atoms with Gasteiger partial charge in [-0.05, 0) is 51.4 Å². The molecule has 2 unspecified atom stereocenters. The van der Waals surface area contributed by atoms with Crippen molar-refractivity contribution in [1.82, 2.24) is 5.32 Å². The molecule has 3 N–H and O–H groups in total. The Balaban J connectivity index is 3.30. The molecule has 0 bridgehead atoms. The molecule has 0 rings (SSSR count). The Morgan fingerprint density at radius 1 is 0.444 bits per heavy atom. The molecule has 0 aromatic heterocycles. The molecular weight excluding hydrogens is 663 g/mol. The number of rotatable bonds is 44. The Bertz CT molecular complexity index is 821. The van der Waals surface area contributed by atoms with Gasteiger partial charge >= 0.3 is 0 Å². The highest BCUT2D eigenvalue weighted by Crippen LogP contribution is 2.16. The first-order valence-corrected chi connectivity index (χ1v) is 24.2. The Morgan fingerprint density at radius 3 is 1.15 bits per heavy atom. The molecule has 0 spiro atoms. The van der Waals surface area contributed by atoms with Crippen molar-refractivity contribution in [2.24, 2.45) is 0 Å². The van der Waals surface area contributed by atoms with E-state index in [1.54, 1.807) is 6.08 Å². The number of hydrogen-bond donors (Lipinski definition) is 3. The number of hydrogen-bond acceptors (Lipinski definition) is 3. The van der Waals surface area contributed by atoms with Crippen molar-refractivity contribution < 1.29 is 15.0 Å². The summed E-state index contributed by atoms with van der Waals surface area (Å²) in [6, 6.07) is -0.615. The first-order chi connectivity index (χ1) is 26.7. The molecule has 0 aliphatic rings. The van der Waals surface area contributed by atoms with Crippen LogP contribution in [0.3, 0.4) is 0 Å². The number of aliphatic hydroxyl groups is 2. The third-order valence-electron chi connectivity index (χ3n) is 11.1. The summed E-state index contributed by atoms with van der Waals surface area (Å²) in [5.74, 6) is -0.0680. The predicted molar refractivity (Wildman–Crippen MR) is 239 cm³/mol. The van der Waals surface area contributed by atoms with Crippen LogP contribution in [0.2, 0.25) is 0 Å². The summed E-state index contributed by atoms with van der Waals surface area (Å²) in [6.07, 6.45) is 61.9. The van der Waals surface area contributed by atoms with Crippen molar-refractivity contribution in [2.75, 3.05) is 6.61 Å². The van der Waals surface area contributed by atoms with E-state index in [2.05, 4.69) is 43.5 Å². The molecule has 2 atom stereocenters. The molecule has 0 heterocycles. The Kier molecular flexibility index (Phi) is 44.8. The highest BCUT2D eigenvalue weighted by atomic mass is 16.3. The van der Waals surface area contributed by atoms with E-state index >= 15 is 0 Å². The van der Waals surface area contributed by atoms with Crippen LogP contribution in [0.4, 0.5) is 0 Å². The second-order valence-electron chi connectivity index (χ2n) is 16.5. The third kappa shape index (κ3) is 41.8. The molecule has 4 nitrogen and oxygen atoms in total. The van der Waals surface area contributed by atoms with E-state index in [-0.39, 0.29) is 12.5 Å². The van der Waals surface area contributed by atoms with Crippen LogP contribution >= 0.6 is 0 Å². The van der Waals surface area contributed by atoms with Crippen molar-refractivity contribution >= 4 is 5.91 Å². The molecule has 1 amide bonds. The van der Waals surface area contributed by atoms with Gasteiger partial charge in [-0.15, -0.1) is 0 Å². The van der Waals surface area contributed by atoms with Gasteiger partial charge < -0.3 is 15.5 Å². The van der Waals surface area contributed by atoms with Gasteiger partial charge in [-0.2, -0.15) is 0 Å². The Labute approximate surface area is 338 Å². The van der Waals surface area contributed by atoms with Crippen molar-refractivity contribution in [3.05, 3.63) is 36.5 Å². The number of allylic oxidation sites excluding steroid dienone is 5. The van der Waals surface area contributed by atoms with Crippen molar-refractivity contribution in [3.8, 4) is 0 Å². The minimum Gasteiger partial charge on any atom is -0.394 e. The fourth-order valence-corrected chi connectivity index (χ4v) is 7.39. The molecule has 4 heteroatoms. The van der Waals surface area contributed by atoms with Crippen LogP contribution < -0.4 is 5.32 Å². The molecule has 54 heavy (non-hydrogen) atoms. The van der Waals surface area contributed by atoms with Crippen molar-refractivity contribution in [3.63, 3.8) is 0 Å². The van der Waals surface area contributed by atoms with Gasteiger partial charge in [0.25, 0.3) is 0 Å². The molecule has 0 aromatic rings. The molecular formula is C50H95NO3. The van der Waals surface area contributed by atoms with E-state index < -0.39 is 12.1 Å². The van der Waals surface area contributed by atoms with Gasteiger partial charge in [-0.1, -0.05) is 237 Å². The van der Waals surface area contributed by atoms with Gasteiger partial charge in [0.2, 0.25) is 5.91 Å². The number of unbranched alkanes of at least 4 members (excludes halogenated alkanes) is 33. The van der Waals surface area contributed by atoms with Crippen LogP contribution in [0.25, 0.3) is 0 Å². The average Bonchev–Trinajstić information content (AvgIpc) is 3.18. The van der Waals surface area contributed by atoms with E-state index in [0.29, 0.717) is 6.42 Å². The van der Waals surface area contributed by atoms with E-state index in [4.69, 9.17) is 0 Å². The summed E-state index contributed by atoms with van der Waals surface area (Å²) in [5, 5.41) is 22.6. The highest BCUT2D eigenvalue weighted by Gasteiger charge is 2.17. The molecule has 0 aromatic carbocycles. The predicted octanol–water partition coefficient (Wildman–Crippen LogP) is 15.4. The van der Waals surface area contributed by atoms with Gasteiger partial charge in [0, 0.05) is 6.42 Å². The summed E-state index contributed by atoms with van der Waals surface area (Å²) in [4.78, 5) is 12.3. The van der Waals surface area contributed by atoms with Crippen LogP contribution in [0.15, 0.2) is 36.5 Å². The normalized spacial score (nSPS) is 13.2. The van der Waals surface area contributed by atoms with Gasteiger partial charge in [0.15, 0.2) is 0 Å². The van der Waals surface area contributed by atoms with Gasteiger partial charge in [-0.3, -0.25) is 4.79 Å². The zero-order valence-corrected chi connectivity index (χ0v) is 36.5. The average molecular weight is 758 g/mol. The SMILES string of the molecule is CCCCC/C=C/C(O)C(CO)NC(=O)CCCCCCCCCCCCCCCCCCCCCCCCCCC/C=C\C/C=C\CCCCCCC. The van der Waals surface area contributed by atoms with Crippen molar-refractivity contribution in [2.45, 2.75) is 270 Å². The third-order valence-corrected chi connectivity index (χ3v) is 11.1. The largest absolute Gasteiger partial charge is 0.394 e. The molecule has 0 fully saturated rings. The molecule has 0 saturated heterocycles. The van der Waals surface area contributed by atoms with E-state index in [1.807, 2.05) is 6.08 Å². The second kappa shape index (κ2) is 46.0. The first kappa shape index (κ1) is 52.6. The number of amides is 1. The molecule has 0 saturated carbocycles. The van der Waals surface area contributed by atoms with Crippen LogP contribution in [0.5, 0.6) is 0 Å². The summed E-state index contributed by atoms with van der Waals surface area (Å²) >= 11 is 0. The monoisotopic (exact) mass is 758 g/mol. The lowest BCUT2D eigenvalue weighted by atomic mass is 10.0. The Hall–Kier alpha value is -1.39. The lowest BCUT2D eigenvalue weighted by Crippen LogP contribution is -2.45. The first-order valence-electron chi connectivity index (χ1n) is 24.2. The maximum atomic E-state index is 12.3. The van der Waals surface area contributed by atoms with Crippen molar-refractivity contribution in [1.29, 1.82) is 0 Å². The fraction of sp³-hybridized carbons (Fsp3) is 0.860. The molecule has 318 valence electrons. The maximum Gasteiger partial charge on any atom is 0.220 e. The minimum atomic E-state index is -0.832. The summed E-state index contributed by atoms with van der Waals surface area (Å²) in [7, 11) is 0. The zero-order chi connectivity index (χ0) is 39.3. The standard InChI is InChI=1S/C50H95NO3/c1-3-5-7-9-10-11-12-13-14-15-16-17-18-19-20-21-22-23-24-25-26-27-28-29-30-31-32-33-34-35-36-37-38-39-40-42-44-46-50(54)51-48(47-52)49(53)45-43-41-8-6-4-2/h12-13,15-16,43,45,48-49,52-53H,3-11,14,17-42,44,46-47H2,1-2H3,(H,51,54)/b13-12-,16-15-,45-43+. The summed E-state index contributed by atoms with van der Waals surface area (Å²) in [5.41, 5.74) is 0. The number of carbonyl (C=O) groups excluding carboxylic acids is 1. The lowest BCUT2D eigenvalue weighted by Gasteiger charge is -2.20. The lowest BCUT2D eigenvalue weighted by molar-refractivity contribution is -0.123. The summed E-state index contributed by atoms with van der Waals surface area (Å²) < 4.78 is 0. The minimum absolute atomic E-state index is 0.0680. The summed E-state index contributed by atoms with van der Waals surface area (Å²) in [6.45, 7) is 4.21. The van der Waals surface area contributed by atoms with E-state index in [0.717, 1.165) is 32.1 Å². The quantitative estimate of drug-likeness (QED) is 0.0428. The van der Waals surface area contributed by atoms with Crippen LogP contribution in [-0.4, -0.2) is 34.9 Å². The topological polar surface area (TPSA) is 69.6 Å². The smallest absolute Gasteiger partial charge is 0.220 e. The fourth-order valence-electron chi connectivity index (χ4n) is 7.39. The van der Waals surface area contributed by atoms with Gasteiger partial charge in [-0.25, -0.2) is 0 Å². The molecule has 0 radical (unpaired) electrons. The van der Waals surface area contributed by atoms with Gasteiger partial charge in [0.05, 0.1) is 18.8 Å². The Morgan fingerprint density at radius 2 is 0.759 bits per heavy atom. The highest BCUT2D eigenvalue weighted by molar-refractivity contribution is 5.76.